The van der Waals surface area contributed by atoms with Gasteiger partial charge in [-0.2, -0.15) is 0 Å². The molecule has 0 radical (unpaired) electrons. The zero-order valence-electron chi connectivity index (χ0n) is 47.3. The van der Waals surface area contributed by atoms with Crippen LogP contribution in [0.5, 0.6) is 0 Å². The molecule has 0 amide bonds. The molecule has 426 valence electrons. The van der Waals surface area contributed by atoms with E-state index in [0.29, 0.717) is 0 Å². The molecule has 0 aliphatic heterocycles. The summed E-state index contributed by atoms with van der Waals surface area (Å²) in [5, 5.41) is 134. The van der Waals surface area contributed by atoms with E-state index in [-0.39, 0.29) is 162 Å². The van der Waals surface area contributed by atoms with Crippen LogP contribution in [0.3, 0.4) is 0 Å². The van der Waals surface area contributed by atoms with Gasteiger partial charge < -0.3 is 111 Å². The Morgan fingerprint density at radius 2 is 0.462 bits per heavy atom. The summed E-state index contributed by atoms with van der Waals surface area (Å²) in [6.07, 6.45) is -35.4. The molecule has 0 fully saturated rings. The molecule has 42 heteroatoms. The van der Waals surface area contributed by atoms with Gasteiger partial charge in [0.1, 0.15) is 0 Å². The predicted octanol–water partition coefficient (Wildman–Crippen LogP) is -5.92. The molecule has 0 aromatic heterocycles. The summed E-state index contributed by atoms with van der Waals surface area (Å²) in [6.45, 7) is 0. The molecule has 0 saturated carbocycles. The summed E-state index contributed by atoms with van der Waals surface area (Å²) in [4.78, 5) is 221. The van der Waals surface area contributed by atoms with Crippen LogP contribution in [-0.4, -0.2) is 377 Å². The van der Waals surface area contributed by atoms with Gasteiger partial charge in [0.25, 0.3) is 0 Å². The second-order valence-electron chi connectivity index (χ2n) is 14.7. The third kappa shape index (κ3) is 26.6. The Balaban J connectivity index is -0.000000404. The molecule has 0 heterocycles. The largest absolute Gasteiger partial charge is 2.00 e. The maximum atomic E-state index is 13.7. The van der Waals surface area contributed by atoms with Gasteiger partial charge in [-0.05, 0) is 0 Å². The summed E-state index contributed by atoms with van der Waals surface area (Å²) in [7, 11) is 0. The molecule has 0 rings (SSSR count). The fourth-order valence-corrected chi connectivity index (χ4v) is 5.86. The van der Waals surface area contributed by atoms with Crippen molar-refractivity contribution >= 4 is 258 Å². The van der Waals surface area contributed by atoms with Crippen molar-refractivity contribution in [1.29, 1.82) is 0 Å². The molecule has 78 heavy (non-hydrogen) atoms. The van der Waals surface area contributed by atoms with Crippen LogP contribution in [0.2, 0.25) is 0 Å². The van der Waals surface area contributed by atoms with Gasteiger partial charge in [-0.3, -0.25) is 47.9 Å². The SMILES string of the molecule is O=C(O)CC(CC(=O)O)(OC(=O)CC(OC(C(=O)O)C(OC(CC(=O)OC(CC(=O)O)(CC(=O)O)C(=O)O)C(=O)OC(CC(=O)O)(CC(=O)O)C(=O)O)C(=O)O)C(=O)OC(CC(=O)O)(CC(=O)O)C(=O)O)C(=O)O.[Ca+2].[Ca+2].[Ca+2].[Ca+2].[H-].[H-].[H-].[H-].[H-].[H-].[H-].[H-]. The summed E-state index contributed by atoms with van der Waals surface area (Å²) in [5.41, 5.74) is -15.2. The minimum absolute atomic E-state index is 0. The number of ether oxygens (including phenoxy) is 6. The monoisotopic (exact) mass is 1250 g/mol. The average molecular weight is 1250 g/mol. The van der Waals surface area contributed by atoms with Crippen LogP contribution >= 0.6 is 0 Å². The predicted molar refractivity (Wildman–Crippen MR) is 238 cm³/mol. The Morgan fingerprint density at radius 1 is 0.295 bits per heavy atom. The van der Waals surface area contributed by atoms with E-state index in [2.05, 4.69) is 18.9 Å². The van der Waals surface area contributed by atoms with E-state index in [0.717, 1.165) is 0 Å². The van der Waals surface area contributed by atoms with E-state index in [1.807, 2.05) is 0 Å². The van der Waals surface area contributed by atoms with Crippen LogP contribution in [0.25, 0.3) is 0 Å². The third-order valence-electron chi connectivity index (χ3n) is 8.88. The van der Waals surface area contributed by atoms with Crippen molar-refractivity contribution in [2.75, 3.05) is 0 Å². The third-order valence-corrected chi connectivity index (χ3v) is 8.88. The van der Waals surface area contributed by atoms with Gasteiger partial charge >= 0.3 is 258 Å². The zero-order valence-corrected chi connectivity index (χ0v) is 48.1. The maximum absolute atomic E-state index is 13.7. The summed E-state index contributed by atoms with van der Waals surface area (Å²) in [6, 6.07) is 0. The number of hydrogen-bond acceptors (Lipinski definition) is 24. The molecule has 4 unspecified atom stereocenters. The standard InChI is InChI=1S/C36H38O38.4Ca.8H/c37-13(38)3-33(29(61)62,4-14(39)40)71-21(53)1-11(27(59)73-35(31(65)66,7-17(45)46)8-18(47)48)69-23(25(55)56)24(26(57)58)70-12(28(60)74-36(32(67)68,9-19(49)50)10-20(51)52)2-22(54)72-34(30(63)64,5-15(41)42)6-16(43)44;;;;;;;;;;;;/h11-12,23-24H,1-10H2,(H,37,38)(H,39,40)(H,41,42)(H,43,44)(H,45,46)(H,47,48)(H,49,50)(H,51,52)(H,55,56)(H,57,58)(H,61,62)(H,63,64)(H,65,66)(H,67,68);;;;;;;;;;;;/q;4*+2;8*-1. The van der Waals surface area contributed by atoms with Gasteiger partial charge in [0.2, 0.25) is 22.4 Å². The van der Waals surface area contributed by atoms with Gasteiger partial charge in [0.15, 0.2) is 24.4 Å². The van der Waals surface area contributed by atoms with Crippen molar-refractivity contribution in [3.63, 3.8) is 0 Å². The van der Waals surface area contributed by atoms with Crippen LogP contribution < -0.4 is 0 Å². The maximum Gasteiger partial charge on any atom is 2.00 e. The molecule has 0 bridgehead atoms. The molecular formula is C36H46Ca4O38. The van der Waals surface area contributed by atoms with Gasteiger partial charge in [-0.25, -0.2) is 38.4 Å². The second-order valence-corrected chi connectivity index (χ2v) is 14.7. The average Bonchev–Trinajstić information content (AvgIpc) is 3.18. The van der Waals surface area contributed by atoms with E-state index < -0.39 is 218 Å². The number of aliphatic carboxylic acids is 14. The van der Waals surface area contributed by atoms with Crippen LogP contribution in [0.15, 0.2) is 0 Å². The van der Waals surface area contributed by atoms with E-state index in [1.54, 1.807) is 0 Å². The molecule has 0 aromatic carbocycles. The van der Waals surface area contributed by atoms with Crippen LogP contribution in [-0.2, 0) is 115 Å². The molecule has 14 N–H and O–H groups in total. The Bertz CT molecular complexity index is 2170. The van der Waals surface area contributed by atoms with E-state index in [9.17, 15) is 158 Å². The summed E-state index contributed by atoms with van der Waals surface area (Å²) in [5.74, 6) is -44.8. The van der Waals surface area contributed by atoms with Crippen LogP contribution in [0.1, 0.15) is 75.6 Å². The minimum atomic E-state index is -3.87. The van der Waals surface area contributed by atoms with Crippen molar-refractivity contribution in [2.24, 2.45) is 0 Å². The smallest absolute Gasteiger partial charge is 1.00 e. The first kappa shape index (κ1) is 82.3. The minimum Gasteiger partial charge on any atom is -1.00 e. The first-order chi connectivity index (χ1) is 33.7. The number of hydrogen-bond donors (Lipinski definition) is 14. The number of carbonyl (C=O) groups excluding carboxylic acids is 4. The quantitative estimate of drug-likeness (QED) is 0.0156. The van der Waals surface area contributed by atoms with Crippen molar-refractivity contribution in [2.45, 2.75) is 111 Å². The number of carbonyl (C=O) groups is 18. The number of esters is 4. The first-order valence-electron chi connectivity index (χ1n) is 19.0. The van der Waals surface area contributed by atoms with Crippen LogP contribution in [0, 0.1) is 0 Å². The van der Waals surface area contributed by atoms with Crippen molar-refractivity contribution in [3.05, 3.63) is 0 Å². The van der Waals surface area contributed by atoms with Crippen molar-refractivity contribution < 1.29 is 198 Å². The molecule has 0 aliphatic rings. The van der Waals surface area contributed by atoms with Gasteiger partial charge in [-0.1, -0.05) is 0 Å². The number of carboxylic acid groups (broad SMARTS) is 14. The zero-order chi connectivity index (χ0) is 58.0. The second kappa shape index (κ2) is 35.9. The molecule has 38 nitrogen and oxygen atoms in total. The van der Waals surface area contributed by atoms with E-state index >= 15 is 0 Å². The normalized spacial score (nSPS) is 12.5. The van der Waals surface area contributed by atoms with E-state index in [4.69, 9.17) is 9.47 Å². The van der Waals surface area contributed by atoms with Gasteiger partial charge in [0.05, 0.1) is 64.2 Å². The van der Waals surface area contributed by atoms with Gasteiger partial charge in [-0.15, -0.1) is 0 Å². The molecule has 0 aromatic rings. The fourth-order valence-electron chi connectivity index (χ4n) is 5.86. The number of carboxylic acids is 14. The molecule has 4 atom stereocenters. The van der Waals surface area contributed by atoms with E-state index in [1.165, 1.54) is 0 Å². The topological polar surface area (TPSA) is 646 Å². The Morgan fingerprint density at radius 3 is 0.603 bits per heavy atom. The molecule has 0 saturated heterocycles. The fraction of sp³-hybridized carbons (Fsp3) is 0.500. The Hall–Kier alpha value is -4.58. The number of rotatable bonds is 37. The van der Waals surface area contributed by atoms with Crippen molar-refractivity contribution in [3.8, 4) is 0 Å². The Labute approximate surface area is 561 Å². The first-order valence-corrected chi connectivity index (χ1v) is 19.0. The molecular weight excluding hydrogens is 1200 g/mol. The van der Waals surface area contributed by atoms with Gasteiger partial charge in [0, 0.05) is 0 Å². The van der Waals surface area contributed by atoms with Crippen molar-refractivity contribution in [1.82, 2.24) is 0 Å². The molecule has 0 spiro atoms. The molecule has 0 aliphatic carbocycles. The summed E-state index contributed by atoms with van der Waals surface area (Å²) < 4.78 is 27.6. The van der Waals surface area contributed by atoms with Crippen LogP contribution in [0.4, 0.5) is 0 Å². The summed E-state index contributed by atoms with van der Waals surface area (Å²) >= 11 is 0. The Kier molecular flexibility index (Phi) is 37.9.